The molecule has 130 valence electrons. The Morgan fingerprint density at radius 1 is 1.08 bits per heavy atom. The summed E-state index contributed by atoms with van der Waals surface area (Å²) in [5.41, 5.74) is 1.39. The minimum absolute atomic E-state index is 0.423. The zero-order valence-corrected chi connectivity index (χ0v) is 14.6. The van der Waals surface area contributed by atoms with Gasteiger partial charge in [0, 0.05) is 16.8 Å². The first-order valence-corrected chi connectivity index (χ1v) is 7.95. The average Bonchev–Trinajstić information content (AvgIpc) is 2.62. The van der Waals surface area contributed by atoms with E-state index in [9.17, 15) is 9.59 Å². The van der Waals surface area contributed by atoms with Gasteiger partial charge in [-0.05, 0) is 55.0 Å². The number of carbonyl (C=O) groups excluding carboxylic acids is 2. The highest BCUT2D eigenvalue weighted by Crippen LogP contribution is 2.14. The average molecular weight is 360 g/mol. The molecule has 25 heavy (non-hydrogen) atoms. The van der Waals surface area contributed by atoms with E-state index in [0.717, 1.165) is 11.3 Å². The van der Waals surface area contributed by atoms with E-state index in [2.05, 4.69) is 5.32 Å². The number of rotatable bonds is 6. The lowest BCUT2D eigenvalue weighted by Gasteiger charge is -2.12. The third-order valence-corrected chi connectivity index (χ3v) is 3.55. The Bertz CT molecular complexity index is 754. The Morgan fingerprint density at radius 2 is 1.72 bits per heavy atom. The molecule has 0 heterocycles. The maximum absolute atomic E-state index is 12.0. The van der Waals surface area contributed by atoms with Gasteiger partial charge in [0.2, 0.25) is 0 Å². The van der Waals surface area contributed by atoms with Crippen LogP contribution in [0.2, 0.25) is 5.02 Å². The number of benzene rings is 2. The van der Waals surface area contributed by atoms with Crippen LogP contribution in [0.5, 0.6) is 5.75 Å². The Hall–Kier alpha value is -2.79. The molecule has 6 heteroatoms. The van der Waals surface area contributed by atoms with Gasteiger partial charge in [-0.2, -0.15) is 0 Å². The number of carbonyl (C=O) groups is 2. The van der Waals surface area contributed by atoms with Crippen molar-refractivity contribution in [2.45, 2.75) is 13.0 Å². The Balaban J connectivity index is 1.86. The number of halogens is 1. The molecule has 1 unspecified atom stereocenters. The molecule has 2 rings (SSSR count). The second-order valence-electron chi connectivity index (χ2n) is 5.18. The van der Waals surface area contributed by atoms with E-state index < -0.39 is 18.0 Å². The van der Waals surface area contributed by atoms with Gasteiger partial charge in [0.15, 0.2) is 6.10 Å². The maximum Gasteiger partial charge on any atom is 0.331 e. The summed E-state index contributed by atoms with van der Waals surface area (Å²) in [4.78, 5) is 23.8. The number of anilines is 1. The summed E-state index contributed by atoms with van der Waals surface area (Å²) in [5.74, 6) is -0.296. The number of methoxy groups -OCH3 is 1. The first kappa shape index (κ1) is 18.5. The van der Waals surface area contributed by atoms with Crippen LogP contribution in [0.25, 0.3) is 6.08 Å². The van der Waals surface area contributed by atoms with Crippen molar-refractivity contribution < 1.29 is 19.1 Å². The monoisotopic (exact) mass is 359 g/mol. The van der Waals surface area contributed by atoms with Crippen molar-refractivity contribution in [1.29, 1.82) is 0 Å². The first-order chi connectivity index (χ1) is 12.0. The topological polar surface area (TPSA) is 64.6 Å². The van der Waals surface area contributed by atoms with Crippen molar-refractivity contribution in [3.05, 3.63) is 65.2 Å². The lowest BCUT2D eigenvalue weighted by Crippen LogP contribution is -2.29. The molecule has 0 saturated carbocycles. The van der Waals surface area contributed by atoms with Gasteiger partial charge in [-0.25, -0.2) is 4.79 Å². The molecule has 5 nitrogen and oxygen atoms in total. The lowest BCUT2D eigenvalue weighted by atomic mass is 10.2. The van der Waals surface area contributed by atoms with Crippen LogP contribution in [-0.2, 0) is 14.3 Å². The molecule has 2 aromatic carbocycles. The van der Waals surface area contributed by atoms with E-state index in [1.807, 2.05) is 0 Å². The minimum atomic E-state index is -0.927. The normalized spacial score (nSPS) is 11.8. The molecule has 0 fully saturated rings. The molecule has 0 saturated heterocycles. The number of esters is 1. The minimum Gasteiger partial charge on any atom is -0.497 e. The highest BCUT2D eigenvalue weighted by atomic mass is 35.5. The number of nitrogens with one attached hydrogen (secondary N) is 1. The van der Waals surface area contributed by atoms with Crippen molar-refractivity contribution in [2.24, 2.45) is 0 Å². The summed E-state index contributed by atoms with van der Waals surface area (Å²) in [6.07, 6.45) is 1.95. The van der Waals surface area contributed by atoms with Crippen molar-refractivity contribution in [1.82, 2.24) is 0 Å². The number of ether oxygens (including phenoxy) is 2. The Labute approximate surface area is 151 Å². The molecule has 0 aliphatic heterocycles. The lowest BCUT2D eigenvalue weighted by molar-refractivity contribution is -0.148. The summed E-state index contributed by atoms with van der Waals surface area (Å²) in [6.45, 7) is 1.50. The van der Waals surface area contributed by atoms with Crippen LogP contribution in [0.15, 0.2) is 54.6 Å². The summed E-state index contributed by atoms with van der Waals surface area (Å²) in [7, 11) is 1.58. The predicted octanol–water partition coefficient (Wildman–Crippen LogP) is 3.93. The van der Waals surface area contributed by atoms with Crippen LogP contribution in [0.1, 0.15) is 12.5 Å². The van der Waals surface area contributed by atoms with E-state index in [-0.39, 0.29) is 0 Å². The molecule has 0 bridgehead atoms. The summed E-state index contributed by atoms with van der Waals surface area (Å²) < 4.78 is 10.1. The molecule has 1 atom stereocenters. The first-order valence-electron chi connectivity index (χ1n) is 7.57. The van der Waals surface area contributed by atoms with E-state index in [4.69, 9.17) is 21.1 Å². The molecule has 1 N–H and O–H groups in total. The van der Waals surface area contributed by atoms with Crippen LogP contribution >= 0.6 is 11.6 Å². The molecule has 2 aromatic rings. The third-order valence-electron chi connectivity index (χ3n) is 3.30. The van der Waals surface area contributed by atoms with Crippen LogP contribution in [-0.4, -0.2) is 25.1 Å². The van der Waals surface area contributed by atoms with Gasteiger partial charge >= 0.3 is 5.97 Å². The fourth-order valence-corrected chi connectivity index (χ4v) is 2.05. The summed E-state index contributed by atoms with van der Waals surface area (Å²) in [5, 5.41) is 3.22. The molecular formula is C19H18ClNO4. The molecule has 0 aromatic heterocycles. The molecule has 0 aliphatic rings. The van der Waals surface area contributed by atoms with Crippen molar-refractivity contribution >= 4 is 35.2 Å². The molecule has 0 aliphatic carbocycles. The molecule has 0 radical (unpaired) electrons. The van der Waals surface area contributed by atoms with E-state index in [1.165, 1.54) is 13.0 Å². The van der Waals surface area contributed by atoms with E-state index >= 15 is 0 Å². The quantitative estimate of drug-likeness (QED) is 0.627. The summed E-state index contributed by atoms with van der Waals surface area (Å²) in [6, 6.07) is 13.8. The second kappa shape index (κ2) is 8.89. The zero-order valence-electron chi connectivity index (χ0n) is 13.9. The number of hydrogen-bond acceptors (Lipinski definition) is 4. The van der Waals surface area contributed by atoms with Crippen LogP contribution in [0, 0.1) is 0 Å². The van der Waals surface area contributed by atoms with Crippen LogP contribution < -0.4 is 10.1 Å². The second-order valence-corrected chi connectivity index (χ2v) is 5.62. The van der Waals surface area contributed by atoms with Gasteiger partial charge in [0.05, 0.1) is 7.11 Å². The Morgan fingerprint density at radius 3 is 2.32 bits per heavy atom. The van der Waals surface area contributed by atoms with Crippen LogP contribution in [0.4, 0.5) is 5.69 Å². The fourth-order valence-electron chi connectivity index (χ4n) is 1.92. The van der Waals surface area contributed by atoms with Crippen molar-refractivity contribution in [3.63, 3.8) is 0 Å². The maximum atomic E-state index is 12.0. The number of amides is 1. The highest BCUT2D eigenvalue weighted by Gasteiger charge is 2.16. The van der Waals surface area contributed by atoms with Gasteiger partial charge < -0.3 is 14.8 Å². The molecule has 1 amide bonds. The van der Waals surface area contributed by atoms with Gasteiger partial charge in [-0.3, -0.25) is 4.79 Å². The van der Waals surface area contributed by atoms with Crippen molar-refractivity contribution in [3.8, 4) is 5.75 Å². The largest absolute Gasteiger partial charge is 0.497 e. The van der Waals surface area contributed by atoms with E-state index in [0.29, 0.717) is 10.7 Å². The van der Waals surface area contributed by atoms with Gasteiger partial charge in [0.1, 0.15) is 5.75 Å². The van der Waals surface area contributed by atoms with E-state index in [1.54, 1.807) is 61.7 Å². The smallest absolute Gasteiger partial charge is 0.331 e. The van der Waals surface area contributed by atoms with Crippen molar-refractivity contribution in [2.75, 3.05) is 12.4 Å². The molecular weight excluding hydrogens is 342 g/mol. The predicted molar refractivity (Wildman–Crippen MR) is 97.7 cm³/mol. The molecule has 0 spiro atoms. The third kappa shape index (κ3) is 5.97. The zero-order chi connectivity index (χ0) is 18.2. The fraction of sp³-hybridized carbons (Fsp3) is 0.158. The van der Waals surface area contributed by atoms with Gasteiger partial charge in [0.25, 0.3) is 5.91 Å². The van der Waals surface area contributed by atoms with Gasteiger partial charge in [-0.1, -0.05) is 23.7 Å². The van der Waals surface area contributed by atoms with Crippen LogP contribution in [0.3, 0.4) is 0 Å². The standard InChI is InChI=1S/C19H18ClNO4/c1-13(19(23)21-16-8-6-15(20)7-9-16)25-18(22)12-5-14-3-10-17(24-2)11-4-14/h3-13H,1-2H3,(H,21,23)/b12-5+. The highest BCUT2D eigenvalue weighted by molar-refractivity contribution is 6.30. The summed E-state index contributed by atoms with van der Waals surface area (Å²) >= 11 is 5.79. The Kier molecular flexibility index (Phi) is 6.60. The number of hydrogen-bond donors (Lipinski definition) is 1. The SMILES string of the molecule is COc1ccc(/C=C/C(=O)OC(C)C(=O)Nc2ccc(Cl)cc2)cc1. The van der Waals surface area contributed by atoms with Gasteiger partial charge in [-0.15, -0.1) is 0 Å².